The molecule has 128 valence electrons. The molecule has 5 heteroatoms. The number of hydrogen-bond donors (Lipinski definition) is 1. The summed E-state index contributed by atoms with van der Waals surface area (Å²) in [6.07, 6.45) is 5.34. The summed E-state index contributed by atoms with van der Waals surface area (Å²) < 4.78 is 7.55. The maximum atomic E-state index is 12.3. The number of carbonyl (C=O) groups excluding carboxylic acids is 1. The molecular weight excluding hydrogens is 302 g/mol. The summed E-state index contributed by atoms with van der Waals surface area (Å²) in [6, 6.07) is 10.1. The number of aryl methyl sites for hydroxylation is 1. The van der Waals surface area contributed by atoms with Crippen LogP contribution in [0.4, 0.5) is 5.82 Å². The predicted molar refractivity (Wildman–Crippen MR) is 94.2 cm³/mol. The fraction of sp³-hybridized carbons (Fsp3) is 0.474. The summed E-state index contributed by atoms with van der Waals surface area (Å²) in [4.78, 5) is 12.3. The van der Waals surface area contributed by atoms with Gasteiger partial charge >= 0.3 is 0 Å². The SMILES string of the molecule is CCOc1ccccc1CCC(=O)Nc1ccnn1C(C)C1CC1. The fourth-order valence-electron chi connectivity index (χ4n) is 2.98. The van der Waals surface area contributed by atoms with Crippen LogP contribution in [0.3, 0.4) is 0 Å². The van der Waals surface area contributed by atoms with Crippen LogP contribution in [0, 0.1) is 5.92 Å². The van der Waals surface area contributed by atoms with Crippen LogP contribution in [-0.2, 0) is 11.2 Å². The van der Waals surface area contributed by atoms with Gasteiger partial charge < -0.3 is 10.1 Å². The lowest BCUT2D eigenvalue weighted by atomic mass is 10.1. The van der Waals surface area contributed by atoms with Crippen molar-refractivity contribution < 1.29 is 9.53 Å². The van der Waals surface area contributed by atoms with Gasteiger partial charge in [0.25, 0.3) is 0 Å². The standard InChI is InChI=1S/C19H25N3O2/c1-3-24-17-7-5-4-6-16(17)10-11-19(23)21-18-12-13-20-22(18)14(2)15-8-9-15/h4-7,12-15H,3,8-11H2,1-2H3,(H,21,23). The molecule has 1 N–H and O–H groups in total. The highest BCUT2D eigenvalue weighted by Crippen LogP contribution is 2.40. The van der Waals surface area contributed by atoms with Crippen molar-refractivity contribution in [1.82, 2.24) is 9.78 Å². The lowest BCUT2D eigenvalue weighted by molar-refractivity contribution is -0.116. The quantitative estimate of drug-likeness (QED) is 0.802. The Morgan fingerprint density at radius 3 is 2.92 bits per heavy atom. The van der Waals surface area contributed by atoms with Gasteiger partial charge in [-0.3, -0.25) is 4.79 Å². The van der Waals surface area contributed by atoms with E-state index in [4.69, 9.17) is 4.74 Å². The smallest absolute Gasteiger partial charge is 0.225 e. The summed E-state index contributed by atoms with van der Waals surface area (Å²) >= 11 is 0. The third kappa shape index (κ3) is 3.96. The number of amides is 1. The first-order chi connectivity index (χ1) is 11.7. The Morgan fingerprint density at radius 1 is 1.38 bits per heavy atom. The van der Waals surface area contributed by atoms with E-state index in [0.29, 0.717) is 31.4 Å². The Labute approximate surface area is 143 Å². The number of aromatic nitrogens is 2. The number of nitrogens with zero attached hydrogens (tertiary/aromatic N) is 2. The second-order valence-corrected chi connectivity index (χ2v) is 6.33. The molecule has 0 saturated heterocycles. The lowest BCUT2D eigenvalue weighted by Gasteiger charge is -2.15. The van der Waals surface area contributed by atoms with Crippen molar-refractivity contribution in [1.29, 1.82) is 0 Å². The molecule has 1 amide bonds. The topological polar surface area (TPSA) is 56.1 Å². The van der Waals surface area contributed by atoms with Gasteiger partial charge in [0, 0.05) is 12.5 Å². The number of benzene rings is 1. The van der Waals surface area contributed by atoms with E-state index < -0.39 is 0 Å². The molecule has 2 aromatic rings. The van der Waals surface area contributed by atoms with Crippen molar-refractivity contribution in [2.75, 3.05) is 11.9 Å². The highest BCUT2D eigenvalue weighted by Gasteiger charge is 2.30. The Kier molecular flexibility index (Phi) is 5.18. The average Bonchev–Trinajstić information content (AvgIpc) is 3.34. The number of para-hydroxylation sites is 1. The van der Waals surface area contributed by atoms with Gasteiger partial charge in [-0.05, 0) is 50.7 Å². The number of carbonyl (C=O) groups is 1. The van der Waals surface area contributed by atoms with E-state index in [2.05, 4.69) is 17.3 Å². The number of ether oxygens (including phenoxy) is 1. The zero-order valence-electron chi connectivity index (χ0n) is 14.4. The van der Waals surface area contributed by atoms with Crippen molar-refractivity contribution in [2.24, 2.45) is 5.92 Å². The molecule has 0 bridgehead atoms. The molecule has 0 radical (unpaired) electrons. The molecule has 5 nitrogen and oxygen atoms in total. The van der Waals surface area contributed by atoms with E-state index in [-0.39, 0.29) is 5.91 Å². The molecule has 3 rings (SSSR count). The van der Waals surface area contributed by atoms with Crippen molar-refractivity contribution in [3.8, 4) is 5.75 Å². The monoisotopic (exact) mass is 327 g/mol. The molecule has 1 aliphatic carbocycles. The maximum Gasteiger partial charge on any atom is 0.225 e. The van der Waals surface area contributed by atoms with Crippen LogP contribution < -0.4 is 10.1 Å². The normalized spacial score (nSPS) is 15.1. The van der Waals surface area contributed by atoms with Crippen molar-refractivity contribution in [3.05, 3.63) is 42.1 Å². The van der Waals surface area contributed by atoms with Crippen LogP contribution >= 0.6 is 0 Å². The van der Waals surface area contributed by atoms with Gasteiger partial charge in [-0.1, -0.05) is 18.2 Å². The third-order valence-corrected chi connectivity index (χ3v) is 4.52. The van der Waals surface area contributed by atoms with Crippen LogP contribution in [0.5, 0.6) is 5.75 Å². The van der Waals surface area contributed by atoms with Crippen LogP contribution in [0.1, 0.15) is 44.7 Å². The average molecular weight is 327 g/mol. The summed E-state index contributed by atoms with van der Waals surface area (Å²) in [5, 5.41) is 7.37. The van der Waals surface area contributed by atoms with Crippen LogP contribution in [0.2, 0.25) is 0 Å². The zero-order chi connectivity index (χ0) is 16.9. The van der Waals surface area contributed by atoms with E-state index in [9.17, 15) is 4.79 Å². The van der Waals surface area contributed by atoms with Crippen molar-refractivity contribution in [2.45, 2.75) is 45.6 Å². The molecule has 1 unspecified atom stereocenters. The van der Waals surface area contributed by atoms with E-state index in [1.165, 1.54) is 12.8 Å². The molecule has 1 aromatic carbocycles. The Balaban J connectivity index is 1.58. The number of rotatable bonds is 8. The van der Waals surface area contributed by atoms with Gasteiger partial charge in [-0.15, -0.1) is 0 Å². The molecule has 1 fully saturated rings. The van der Waals surface area contributed by atoms with Gasteiger partial charge in [0.2, 0.25) is 5.91 Å². The Bertz CT molecular complexity index is 691. The number of hydrogen-bond acceptors (Lipinski definition) is 3. The van der Waals surface area contributed by atoms with Gasteiger partial charge in [0.15, 0.2) is 0 Å². The maximum absolute atomic E-state index is 12.3. The van der Waals surface area contributed by atoms with Gasteiger partial charge in [0.05, 0.1) is 18.8 Å². The second-order valence-electron chi connectivity index (χ2n) is 6.33. The van der Waals surface area contributed by atoms with Crippen LogP contribution in [-0.4, -0.2) is 22.3 Å². The summed E-state index contributed by atoms with van der Waals surface area (Å²) in [6.45, 7) is 4.76. The molecule has 1 aromatic heterocycles. The molecule has 24 heavy (non-hydrogen) atoms. The largest absolute Gasteiger partial charge is 0.494 e. The first-order valence-electron chi connectivity index (χ1n) is 8.73. The fourth-order valence-corrected chi connectivity index (χ4v) is 2.98. The molecular formula is C19H25N3O2. The Morgan fingerprint density at radius 2 is 2.17 bits per heavy atom. The first-order valence-corrected chi connectivity index (χ1v) is 8.73. The van der Waals surface area contributed by atoms with Gasteiger partial charge in [0.1, 0.15) is 11.6 Å². The minimum atomic E-state index is 0.00560. The number of anilines is 1. The first kappa shape index (κ1) is 16.6. The summed E-state index contributed by atoms with van der Waals surface area (Å²) in [7, 11) is 0. The predicted octanol–water partition coefficient (Wildman–Crippen LogP) is 3.82. The van der Waals surface area contributed by atoms with Gasteiger partial charge in [-0.2, -0.15) is 5.10 Å². The lowest BCUT2D eigenvalue weighted by Crippen LogP contribution is -2.18. The van der Waals surface area contributed by atoms with Crippen molar-refractivity contribution >= 4 is 11.7 Å². The minimum Gasteiger partial charge on any atom is -0.494 e. The summed E-state index contributed by atoms with van der Waals surface area (Å²) in [5.41, 5.74) is 1.06. The molecule has 0 spiro atoms. The molecule has 0 aliphatic heterocycles. The third-order valence-electron chi connectivity index (χ3n) is 4.52. The molecule has 1 atom stereocenters. The second kappa shape index (κ2) is 7.51. The highest BCUT2D eigenvalue weighted by atomic mass is 16.5. The minimum absolute atomic E-state index is 0.00560. The van der Waals surface area contributed by atoms with E-state index in [1.807, 2.05) is 41.9 Å². The van der Waals surface area contributed by atoms with Gasteiger partial charge in [-0.25, -0.2) is 4.68 Å². The molecule has 1 saturated carbocycles. The van der Waals surface area contributed by atoms with Crippen molar-refractivity contribution in [3.63, 3.8) is 0 Å². The van der Waals surface area contributed by atoms with E-state index in [1.54, 1.807) is 6.20 Å². The van der Waals surface area contributed by atoms with Crippen LogP contribution in [0.25, 0.3) is 0 Å². The molecule has 1 heterocycles. The Hall–Kier alpha value is -2.30. The highest BCUT2D eigenvalue weighted by molar-refractivity contribution is 5.90. The molecule has 1 aliphatic rings. The summed E-state index contributed by atoms with van der Waals surface area (Å²) in [5.74, 6) is 2.35. The van der Waals surface area contributed by atoms with E-state index in [0.717, 1.165) is 17.1 Å². The zero-order valence-corrected chi connectivity index (χ0v) is 14.4. The van der Waals surface area contributed by atoms with E-state index >= 15 is 0 Å². The number of nitrogens with one attached hydrogen (secondary N) is 1. The van der Waals surface area contributed by atoms with Crippen LogP contribution in [0.15, 0.2) is 36.5 Å².